The van der Waals surface area contributed by atoms with Gasteiger partial charge in [0.25, 0.3) is 0 Å². The SMILES string of the molecule is C/C=C/C=C/C=C(\C)C=O. The van der Waals surface area contributed by atoms with Crippen LogP contribution in [-0.4, -0.2) is 6.29 Å². The Morgan fingerprint density at radius 3 is 2.40 bits per heavy atom. The average molecular weight is 136 g/mol. The molecule has 0 aliphatic carbocycles. The molecule has 0 heterocycles. The summed E-state index contributed by atoms with van der Waals surface area (Å²) in [5, 5.41) is 0. The van der Waals surface area contributed by atoms with Crippen molar-refractivity contribution >= 4 is 6.29 Å². The van der Waals surface area contributed by atoms with E-state index >= 15 is 0 Å². The van der Waals surface area contributed by atoms with Crippen molar-refractivity contribution in [3.63, 3.8) is 0 Å². The fourth-order valence-corrected chi connectivity index (χ4v) is 0.422. The van der Waals surface area contributed by atoms with Gasteiger partial charge in [0.1, 0.15) is 6.29 Å². The normalized spacial score (nSPS) is 13.2. The summed E-state index contributed by atoms with van der Waals surface area (Å²) in [6, 6.07) is 0. The molecule has 0 rings (SSSR count). The lowest BCUT2D eigenvalue weighted by molar-refractivity contribution is -0.104. The van der Waals surface area contributed by atoms with Crippen LogP contribution in [0, 0.1) is 0 Å². The molecular formula is C9H12O. The fraction of sp³-hybridized carbons (Fsp3) is 0.222. The molecule has 1 nitrogen and oxygen atoms in total. The molecule has 10 heavy (non-hydrogen) atoms. The highest BCUT2D eigenvalue weighted by Crippen LogP contribution is 1.87. The maximum absolute atomic E-state index is 10.0. The lowest BCUT2D eigenvalue weighted by atomic mass is 10.3. The topological polar surface area (TPSA) is 17.1 Å². The van der Waals surface area contributed by atoms with Crippen molar-refractivity contribution in [1.29, 1.82) is 0 Å². The first kappa shape index (κ1) is 8.89. The van der Waals surface area contributed by atoms with Crippen LogP contribution >= 0.6 is 0 Å². The molecule has 0 aromatic heterocycles. The molecular weight excluding hydrogens is 124 g/mol. The van der Waals surface area contributed by atoms with E-state index in [0.717, 1.165) is 11.9 Å². The number of carbonyl (C=O) groups excluding carboxylic acids is 1. The number of allylic oxidation sites excluding steroid dienone is 6. The predicted octanol–water partition coefficient (Wildman–Crippen LogP) is 2.26. The van der Waals surface area contributed by atoms with Crippen LogP contribution in [0.25, 0.3) is 0 Å². The first-order chi connectivity index (χ1) is 4.81. The molecule has 0 radical (unpaired) electrons. The molecule has 0 bridgehead atoms. The highest BCUT2D eigenvalue weighted by molar-refractivity contribution is 5.72. The summed E-state index contributed by atoms with van der Waals surface area (Å²) in [4.78, 5) is 10.0. The van der Waals surface area contributed by atoms with Crippen LogP contribution < -0.4 is 0 Å². The smallest absolute Gasteiger partial charge is 0.145 e. The molecule has 0 aliphatic heterocycles. The quantitative estimate of drug-likeness (QED) is 0.330. The third-order valence-electron chi connectivity index (χ3n) is 0.960. The largest absolute Gasteiger partial charge is 0.298 e. The molecule has 0 aromatic carbocycles. The van der Waals surface area contributed by atoms with E-state index in [1.54, 1.807) is 13.0 Å². The van der Waals surface area contributed by atoms with Gasteiger partial charge in [0, 0.05) is 0 Å². The molecule has 0 aliphatic rings. The summed E-state index contributed by atoms with van der Waals surface area (Å²) in [6.45, 7) is 3.72. The Hall–Kier alpha value is -1.11. The third kappa shape index (κ3) is 5.04. The minimum atomic E-state index is 0.737. The zero-order valence-corrected chi connectivity index (χ0v) is 6.37. The van der Waals surface area contributed by atoms with Crippen LogP contribution in [0.4, 0.5) is 0 Å². The Morgan fingerprint density at radius 2 is 1.90 bits per heavy atom. The predicted molar refractivity (Wildman–Crippen MR) is 43.8 cm³/mol. The molecule has 0 amide bonds. The number of aldehydes is 1. The van der Waals surface area contributed by atoms with Gasteiger partial charge in [-0.25, -0.2) is 0 Å². The standard InChI is InChI=1S/C9H12O/c1-3-4-5-6-7-9(2)8-10/h3-8H,1-2H3/b4-3+,6-5+,9-7+. The molecule has 0 atom stereocenters. The van der Waals surface area contributed by atoms with E-state index in [4.69, 9.17) is 0 Å². The van der Waals surface area contributed by atoms with Gasteiger partial charge in [-0.15, -0.1) is 0 Å². The van der Waals surface area contributed by atoms with Gasteiger partial charge < -0.3 is 0 Å². The van der Waals surface area contributed by atoms with E-state index < -0.39 is 0 Å². The molecule has 0 fully saturated rings. The van der Waals surface area contributed by atoms with Crippen molar-refractivity contribution in [3.05, 3.63) is 36.0 Å². The molecule has 0 saturated heterocycles. The highest BCUT2D eigenvalue weighted by Gasteiger charge is 1.75. The van der Waals surface area contributed by atoms with Crippen LogP contribution in [0.5, 0.6) is 0 Å². The van der Waals surface area contributed by atoms with Crippen LogP contribution in [0.15, 0.2) is 36.0 Å². The van der Waals surface area contributed by atoms with Gasteiger partial charge in [-0.3, -0.25) is 4.79 Å². The highest BCUT2D eigenvalue weighted by atomic mass is 16.1. The van der Waals surface area contributed by atoms with Crippen molar-refractivity contribution in [3.8, 4) is 0 Å². The minimum absolute atomic E-state index is 0.737. The van der Waals surface area contributed by atoms with E-state index in [-0.39, 0.29) is 0 Å². The lowest BCUT2D eigenvalue weighted by Gasteiger charge is -1.78. The zero-order chi connectivity index (χ0) is 7.82. The second kappa shape index (κ2) is 6.02. The van der Waals surface area contributed by atoms with Crippen LogP contribution in [0.2, 0.25) is 0 Å². The van der Waals surface area contributed by atoms with Crippen LogP contribution in [-0.2, 0) is 4.79 Å². The third-order valence-corrected chi connectivity index (χ3v) is 0.960. The van der Waals surface area contributed by atoms with Gasteiger partial charge in [-0.2, -0.15) is 0 Å². The number of carbonyl (C=O) groups is 1. The number of rotatable bonds is 3. The van der Waals surface area contributed by atoms with Crippen molar-refractivity contribution in [1.82, 2.24) is 0 Å². The Kier molecular flexibility index (Phi) is 5.35. The Labute approximate surface area is 61.8 Å². The maximum atomic E-state index is 10.0. The lowest BCUT2D eigenvalue weighted by Crippen LogP contribution is -1.71. The van der Waals surface area contributed by atoms with E-state index in [1.165, 1.54) is 0 Å². The van der Waals surface area contributed by atoms with E-state index in [1.807, 2.05) is 31.2 Å². The summed E-state index contributed by atoms with van der Waals surface area (Å²) in [6.07, 6.45) is 10.2. The van der Waals surface area contributed by atoms with E-state index in [2.05, 4.69) is 0 Å². The Bertz CT molecular complexity index is 173. The van der Waals surface area contributed by atoms with Gasteiger partial charge in [0.2, 0.25) is 0 Å². The van der Waals surface area contributed by atoms with Gasteiger partial charge in [0.05, 0.1) is 0 Å². The first-order valence-corrected chi connectivity index (χ1v) is 3.22. The second-order valence-electron chi connectivity index (χ2n) is 1.94. The molecule has 54 valence electrons. The summed E-state index contributed by atoms with van der Waals surface area (Å²) in [5.74, 6) is 0. The molecule has 0 N–H and O–H groups in total. The average Bonchev–Trinajstić information content (AvgIpc) is 1.98. The van der Waals surface area contributed by atoms with Crippen molar-refractivity contribution in [2.24, 2.45) is 0 Å². The second-order valence-corrected chi connectivity index (χ2v) is 1.94. The number of hydrogen-bond acceptors (Lipinski definition) is 1. The summed E-state index contributed by atoms with van der Waals surface area (Å²) in [5.41, 5.74) is 0.737. The van der Waals surface area contributed by atoms with E-state index in [0.29, 0.717) is 0 Å². The molecule has 0 spiro atoms. The zero-order valence-electron chi connectivity index (χ0n) is 6.37. The molecule has 0 unspecified atom stereocenters. The molecule has 0 saturated carbocycles. The van der Waals surface area contributed by atoms with Gasteiger partial charge in [0.15, 0.2) is 0 Å². The van der Waals surface area contributed by atoms with Gasteiger partial charge in [-0.05, 0) is 19.4 Å². The minimum Gasteiger partial charge on any atom is -0.298 e. The Morgan fingerprint density at radius 1 is 1.20 bits per heavy atom. The molecule has 0 aromatic rings. The Balaban J connectivity index is 3.81. The number of hydrogen-bond donors (Lipinski definition) is 0. The van der Waals surface area contributed by atoms with Crippen molar-refractivity contribution < 1.29 is 4.79 Å². The summed E-state index contributed by atoms with van der Waals surface area (Å²) < 4.78 is 0. The van der Waals surface area contributed by atoms with Gasteiger partial charge >= 0.3 is 0 Å². The van der Waals surface area contributed by atoms with Crippen LogP contribution in [0.3, 0.4) is 0 Å². The van der Waals surface area contributed by atoms with Crippen LogP contribution in [0.1, 0.15) is 13.8 Å². The van der Waals surface area contributed by atoms with Crippen molar-refractivity contribution in [2.45, 2.75) is 13.8 Å². The fourth-order valence-electron chi connectivity index (χ4n) is 0.422. The maximum Gasteiger partial charge on any atom is 0.145 e. The van der Waals surface area contributed by atoms with Crippen molar-refractivity contribution in [2.75, 3.05) is 0 Å². The van der Waals surface area contributed by atoms with E-state index in [9.17, 15) is 4.79 Å². The summed E-state index contributed by atoms with van der Waals surface area (Å²) in [7, 11) is 0. The first-order valence-electron chi connectivity index (χ1n) is 3.22. The monoisotopic (exact) mass is 136 g/mol. The van der Waals surface area contributed by atoms with Gasteiger partial charge in [-0.1, -0.05) is 30.4 Å². The summed E-state index contributed by atoms with van der Waals surface area (Å²) >= 11 is 0. The molecule has 1 heteroatoms.